The van der Waals surface area contributed by atoms with Crippen molar-refractivity contribution in [2.24, 2.45) is 0 Å². The summed E-state index contributed by atoms with van der Waals surface area (Å²) in [6.07, 6.45) is 2.98. The monoisotopic (exact) mass is 294 g/mol. The number of hydrogen-bond donors (Lipinski definition) is 0. The lowest BCUT2D eigenvalue weighted by Crippen LogP contribution is -2.19. The minimum absolute atomic E-state index is 0.138. The molecule has 22 heavy (non-hydrogen) atoms. The van der Waals surface area contributed by atoms with Crippen LogP contribution < -0.4 is 4.74 Å². The second-order valence-corrected chi connectivity index (χ2v) is 5.27. The minimum atomic E-state index is -0.287. The summed E-state index contributed by atoms with van der Waals surface area (Å²) < 4.78 is 10.7. The fourth-order valence-electron chi connectivity index (χ4n) is 2.62. The van der Waals surface area contributed by atoms with Gasteiger partial charge in [0.1, 0.15) is 11.9 Å². The predicted octanol–water partition coefficient (Wildman–Crippen LogP) is 4.16. The topological polar surface area (TPSA) is 35.5 Å². The van der Waals surface area contributed by atoms with Gasteiger partial charge in [-0.1, -0.05) is 48.5 Å². The van der Waals surface area contributed by atoms with E-state index in [0.717, 1.165) is 28.9 Å². The summed E-state index contributed by atoms with van der Waals surface area (Å²) in [7, 11) is 1.65. The third-order valence-electron chi connectivity index (χ3n) is 3.77. The van der Waals surface area contributed by atoms with Crippen LogP contribution in [0.25, 0.3) is 6.08 Å². The molecule has 1 aliphatic heterocycles. The fourth-order valence-corrected chi connectivity index (χ4v) is 2.62. The maximum absolute atomic E-state index is 11.7. The molecule has 0 aliphatic carbocycles. The van der Waals surface area contributed by atoms with Gasteiger partial charge in [-0.2, -0.15) is 0 Å². The van der Waals surface area contributed by atoms with E-state index in [0.29, 0.717) is 6.42 Å². The Morgan fingerprint density at radius 3 is 2.45 bits per heavy atom. The molecule has 1 fully saturated rings. The Morgan fingerprint density at radius 1 is 1.05 bits per heavy atom. The summed E-state index contributed by atoms with van der Waals surface area (Å²) in [5, 5.41) is 0. The fraction of sp³-hybridized carbons (Fsp3) is 0.211. The molecule has 1 heterocycles. The minimum Gasteiger partial charge on any atom is -0.497 e. The van der Waals surface area contributed by atoms with Crippen molar-refractivity contribution in [1.29, 1.82) is 0 Å². The van der Waals surface area contributed by atoms with Gasteiger partial charge < -0.3 is 9.47 Å². The quantitative estimate of drug-likeness (QED) is 0.797. The van der Waals surface area contributed by atoms with Gasteiger partial charge in [0.15, 0.2) is 0 Å². The van der Waals surface area contributed by atoms with Gasteiger partial charge in [0, 0.05) is 6.42 Å². The Bertz CT molecular complexity index is 672. The molecule has 0 saturated carbocycles. The second-order valence-electron chi connectivity index (χ2n) is 5.27. The average Bonchev–Trinajstić information content (AvgIpc) is 2.58. The normalized spacial score (nSPS) is 19.8. The van der Waals surface area contributed by atoms with Crippen LogP contribution in [0.15, 0.2) is 60.2 Å². The Labute approximate surface area is 130 Å². The molecule has 1 saturated heterocycles. The van der Waals surface area contributed by atoms with E-state index in [1.54, 1.807) is 7.11 Å². The van der Waals surface area contributed by atoms with Gasteiger partial charge in [0.25, 0.3) is 0 Å². The molecule has 0 N–H and O–H groups in total. The number of ether oxygens (including phenoxy) is 2. The Morgan fingerprint density at radius 2 is 1.77 bits per heavy atom. The third kappa shape index (κ3) is 3.19. The first-order valence-corrected chi connectivity index (χ1v) is 7.35. The van der Waals surface area contributed by atoms with E-state index in [2.05, 4.69) is 6.08 Å². The van der Waals surface area contributed by atoms with Crippen LogP contribution in [0.2, 0.25) is 0 Å². The lowest BCUT2D eigenvalue weighted by Gasteiger charge is -2.26. The zero-order valence-electron chi connectivity index (χ0n) is 12.5. The van der Waals surface area contributed by atoms with Crippen molar-refractivity contribution in [2.75, 3.05) is 7.11 Å². The highest BCUT2D eigenvalue weighted by molar-refractivity contribution is 5.73. The van der Waals surface area contributed by atoms with Crippen molar-refractivity contribution in [2.45, 2.75) is 18.9 Å². The zero-order valence-corrected chi connectivity index (χ0v) is 12.5. The molecule has 3 rings (SSSR count). The van der Waals surface area contributed by atoms with E-state index in [1.165, 1.54) is 0 Å². The summed E-state index contributed by atoms with van der Waals surface area (Å²) >= 11 is 0. The summed E-state index contributed by atoms with van der Waals surface area (Å²) in [5.41, 5.74) is 3.21. The van der Waals surface area contributed by atoms with Gasteiger partial charge >= 0.3 is 5.97 Å². The number of benzene rings is 2. The van der Waals surface area contributed by atoms with Crippen molar-refractivity contribution in [3.05, 3.63) is 71.3 Å². The molecule has 0 radical (unpaired) electrons. The zero-order chi connectivity index (χ0) is 15.4. The van der Waals surface area contributed by atoms with E-state index in [4.69, 9.17) is 9.47 Å². The van der Waals surface area contributed by atoms with Crippen LogP contribution in [-0.2, 0) is 9.53 Å². The molecule has 0 amide bonds. The number of carbonyl (C=O) groups excluding carboxylic acids is 1. The number of cyclic esters (lactones) is 1. The third-order valence-corrected chi connectivity index (χ3v) is 3.77. The first-order chi connectivity index (χ1) is 10.8. The van der Waals surface area contributed by atoms with Crippen LogP contribution in [0.3, 0.4) is 0 Å². The Balaban J connectivity index is 1.91. The van der Waals surface area contributed by atoms with Gasteiger partial charge in [0.2, 0.25) is 0 Å². The lowest BCUT2D eigenvalue weighted by atomic mass is 9.93. The second kappa shape index (κ2) is 6.48. The maximum Gasteiger partial charge on any atom is 0.307 e. The number of hydrogen-bond acceptors (Lipinski definition) is 3. The Hall–Kier alpha value is -2.55. The first kappa shape index (κ1) is 14.4. The van der Waals surface area contributed by atoms with Crippen molar-refractivity contribution in [1.82, 2.24) is 0 Å². The number of esters is 1. The molecule has 3 heteroatoms. The lowest BCUT2D eigenvalue weighted by molar-refractivity contribution is -0.150. The van der Waals surface area contributed by atoms with E-state index in [-0.39, 0.29) is 12.1 Å². The molecule has 0 spiro atoms. The van der Waals surface area contributed by atoms with Gasteiger partial charge in [-0.3, -0.25) is 4.79 Å². The van der Waals surface area contributed by atoms with Crippen LogP contribution in [0.5, 0.6) is 5.75 Å². The first-order valence-electron chi connectivity index (χ1n) is 7.35. The maximum atomic E-state index is 11.7. The van der Waals surface area contributed by atoms with Crippen molar-refractivity contribution in [3.8, 4) is 5.75 Å². The highest BCUT2D eigenvalue weighted by atomic mass is 16.5. The molecule has 112 valence electrons. The highest BCUT2D eigenvalue weighted by Gasteiger charge is 2.26. The molecular formula is C19H18O3. The molecule has 1 aliphatic rings. The molecule has 0 bridgehead atoms. The smallest absolute Gasteiger partial charge is 0.307 e. The van der Waals surface area contributed by atoms with E-state index >= 15 is 0 Å². The Kier molecular flexibility index (Phi) is 4.24. The molecule has 1 atom stereocenters. The van der Waals surface area contributed by atoms with Crippen LogP contribution >= 0.6 is 0 Å². The SMILES string of the molecule is COc1ccc(/C=C2/CCC(=O)OC2c2ccccc2)cc1. The average molecular weight is 294 g/mol. The molecule has 2 aromatic rings. The predicted molar refractivity (Wildman–Crippen MR) is 85.5 cm³/mol. The summed E-state index contributed by atoms with van der Waals surface area (Å²) in [6, 6.07) is 17.7. The standard InChI is InChI=1S/C19H18O3/c1-21-17-10-7-14(8-11-17)13-16-9-12-18(20)22-19(16)15-5-3-2-4-6-15/h2-8,10-11,13,19H,9,12H2,1H3/b16-13-. The van der Waals surface area contributed by atoms with Gasteiger partial charge in [-0.25, -0.2) is 0 Å². The summed E-state index contributed by atoms with van der Waals surface area (Å²) in [5.74, 6) is 0.692. The number of methoxy groups -OCH3 is 1. The van der Waals surface area contributed by atoms with Gasteiger partial charge in [-0.15, -0.1) is 0 Å². The molecule has 2 aromatic carbocycles. The molecule has 3 nitrogen and oxygen atoms in total. The van der Waals surface area contributed by atoms with E-state index in [9.17, 15) is 4.79 Å². The highest BCUT2D eigenvalue weighted by Crippen LogP contribution is 2.35. The van der Waals surface area contributed by atoms with Crippen LogP contribution in [0, 0.1) is 0 Å². The van der Waals surface area contributed by atoms with Gasteiger partial charge in [0.05, 0.1) is 7.11 Å². The van der Waals surface area contributed by atoms with Crippen LogP contribution in [0.1, 0.15) is 30.1 Å². The summed E-state index contributed by atoms with van der Waals surface area (Å²) in [6.45, 7) is 0. The van der Waals surface area contributed by atoms with Gasteiger partial charge in [-0.05, 0) is 35.3 Å². The van der Waals surface area contributed by atoms with Crippen molar-refractivity contribution >= 4 is 12.0 Å². The summed E-state index contributed by atoms with van der Waals surface area (Å²) in [4.78, 5) is 11.7. The van der Waals surface area contributed by atoms with Crippen LogP contribution in [0.4, 0.5) is 0 Å². The largest absolute Gasteiger partial charge is 0.497 e. The van der Waals surface area contributed by atoms with Crippen molar-refractivity contribution < 1.29 is 14.3 Å². The number of rotatable bonds is 3. The van der Waals surface area contributed by atoms with E-state index < -0.39 is 0 Å². The number of carbonyl (C=O) groups is 1. The molecule has 1 unspecified atom stereocenters. The van der Waals surface area contributed by atoms with E-state index in [1.807, 2.05) is 54.6 Å². The molecular weight excluding hydrogens is 276 g/mol. The van der Waals surface area contributed by atoms with Crippen LogP contribution in [-0.4, -0.2) is 13.1 Å². The molecule has 0 aromatic heterocycles. The van der Waals surface area contributed by atoms with Crippen molar-refractivity contribution in [3.63, 3.8) is 0 Å².